The van der Waals surface area contributed by atoms with Crippen LogP contribution in [0.1, 0.15) is 11.6 Å². The SMILES string of the molecule is CSCc1nc2ccccc2n1CC(=O)OCC(=O)NC(=O)NCc1ccco1. The maximum absolute atomic E-state index is 12.2. The van der Waals surface area contributed by atoms with E-state index in [9.17, 15) is 14.4 Å². The van der Waals surface area contributed by atoms with Crippen molar-refractivity contribution < 1.29 is 23.5 Å². The molecule has 9 nitrogen and oxygen atoms in total. The maximum atomic E-state index is 12.2. The summed E-state index contributed by atoms with van der Waals surface area (Å²) in [6, 6.07) is 10.2. The summed E-state index contributed by atoms with van der Waals surface area (Å²) < 4.78 is 11.8. The Labute approximate surface area is 170 Å². The lowest BCUT2D eigenvalue weighted by molar-refractivity contribution is -0.148. The van der Waals surface area contributed by atoms with Crippen LogP contribution in [0.15, 0.2) is 47.1 Å². The van der Waals surface area contributed by atoms with Gasteiger partial charge in [0, 0.05) is 0 Å². The highest BCUT2D eigenvalue weighted by atomic mass is 32.2. The van der Waals surface area contributed by atoms with Crippen molar-refractivity contribution in [3.63, 3.8) is 0 Å². The fourth-order valence-corrected chi connectivity index (χ4v) is 3.13. The number of carbonyl (C=O) groups excluding carboxylic acids is 3. The summed E-state index contributed by atoms with van der Waals surface area (Å²) >= 11 is 1.59. The number of amides is 3. The van der Waals surface area contributed by atoms with Gasteiger partial charge in [0.25, 0.3) is 5.91 Å². The predicted octanol–water partition coefficient (Wildman–Crippen LogP) is 2.06. The molecule has 2 heterocycles. The number of imidazole rings is 1. The van der Waals surface area contributed by atoms with E-state index in [2.05, 4.69) is 15.6 Å². The molecule has 0 spiro atoms. The van der Waals surface area contributed by atoms with Crippen LogP contribution >= 0.6 is 11.8 Å². The van der Waals surface area contributed by atoms with Gasteiger partial charge in [-0.3, -0.25) is 14.9 Å². The van der Waals surface area contributed by atoms with Crippen molar-refractivity contribution in [2.75, 3.05) is 12.9 Å². The monoisotopic (exact) mass is 416 g/mol. The zero-order valence-electron chi connectivity index (χ0n) is 15.7. The molecule has 152 valence electrons. The summed E-state index contributed by atoms with van der Waals surface area (Å²) in [5.74, 6) is 0.611. The first-order valence-corrected chi connectivity index (χ1v) is 10.1. The molecule has 0 bridgehead atoms. The van der Waals surface area contributed by atoms with E-state index in [1.54, 1.807) is 28.5 Å². The minimum Gasteiger partial charge on any atom is -0.467 e. The smallest absolute Gasteiger partial charge is 0.326 e. The summed E-state index contributed by atoms with van der Waals surface area (Å²) in [4.78, 5) is 40.2. The Bertz CT molecular complexity index is 999. The summed E-state index contributed by atoms with van der Waals surface area (Å²) in [5.41, 5.74) is 1.60. The van der Waals surface area contributed by atoms with Crippen molar-refractivity contribution in [3.05, 3.63) is 54.2 Å². The van der Waals surface area contributed by atoms with Crippen LogP contribution < -0.4 is 10.6 Å². The van der Waals surface area contributed by atoms with Crippen LogP contribution in [0, 0.1) is 0 Å². The zero-order chi connectivity index (χ0) is 20.6. The van der Waals surface area contributed by atoms with E-state index in [1.165, 1.54) is 6.26 Å². The van der Waals surface area contributed by atoms with E-state index >= 15 is 0 Å². The number of nitrogens with zero attached hydrogens (tertiary/aromatic N) is 2. The number of carbonyl (C=O) groups is 3. The van der Waals surface area contributed by atoms with Crippen molar-refractivity contribution in [1.82, 2.24) is 20.2 Å². The lowest BCUT2D eigenvalue weighted by Gasteiger charge is -2.09. The van der Waals surface area contributed by atoms with Crippen LogP contribution in [-0.2, 0) is 33.2 Å². The van der Waals surface area contributed by atoms with Gasteiger partial charge >= 0.3 is 12.0 Å². The maximum Gasteiger partial charge on any atom is 0.326 e. The third kappa shape index (κ3) is 5.61. The van der Waals surface area contributed by atoms with Crippen molar-refractivity contribution >= 4 is 40.7 Å². The summed E-state index contributed by atoms with van der Waals surface area (Å²) in [7, 11) is 0. The molecule has 3 aromatic rings. The van der Waals surface area contributed by atoms with Crippen LogP contribution in [0.4, 0.5) is 4.79 Å². The van der Waals surface area contributed by atoms with E-state index in [1.807, 2.05) is 30.5 Å². The predicted molar refractivity (Wildman–Crippen MR) is 107 cm³/mol. The number of para-hydroxylation sites is 2. The molecule has 29 heavy (non-hydrogen) atoms. The molecule has 0 aliphatic rings. The zero-order valence-corrected chi connectivity index (χ0v) is 16.5. The quantitative estimate of drug-likeness (QED) is 0.540. The van der Waals surface area contributed by atoms with Gasteiger partial charge in [-0.15, -0.1) is 0 Å². The molecular formula is C19H20N4O5S. The number of rotatable bonds is 8. The van der Waals surface area contributed by atoms with Crippen LogP contribution in [0.5, 0.6) is 0 Å². The molecule has 0 unspecified atom stereocenters. The highest BCUT2D eigenvalue weighted by Gasteiger charge is 2.16. The Morgan fingerprint density at radius 3 is 2.79 bits per heavy atom. The molecule has 0 saturated carbocycles. The average Bonchev–Trinajstić information content (AvgIpc) is 3.34. The second kappa shape index (κ2) is 9.78. The lowest BCUT2D eigenvalue weighted by Crippen LogP contribution is -2.41. The van der Waals surface area contributed by atoms with E-state index in [4.69, 9.17) is 9.15 Å². The van der Waals surface area contributed by atoms with Crippen LogP contribution in [0.25, 0.3) is 11.0 Å². The molecule has 2 aromatic heterocycles. The van der Waals surface area contributed by atoms with Gasteiger partial charge in [-0.1, -0.05) is 12.1 Å². The number of hydrogen-bond donors (Lipinski definition) is 2. The number of thioether (sulfide) groups is 1. The summed E-state index contributed by atoms with van der Waals surface area (Å²) in [5, 5.41) is 4.55. The average molecular weight is 416 g/mol. The Hall–Kier alpha value is -3.27. The highest BCUT2D eigenvalue weighted by molar-refractivity contribution is 7.97. The van der Waals surface area contributed by atoms with Gasteiger partial charge in [0.2, 0.25) is 0 Å². The van der Waals surface area contributed by atoms with E-state index in [-0.39, 0.29) is 13.1 Å². The normalized spacial score (nSPS) is 10.7. The first-order chi connectivity index (χ1) is 14.1. The number of hydrogen-bond acceptors (Lipinski definition) is 7. The fraction of sp³-hybridized carbons (Fsp3) is 0.263. The molecule has 3 rings (SSSR count). The van der Waals surface area contributed by atoms with Gasteiger partial charge in [0.15, 0.2) is 6.61 Å². The Morgan fingerprint density at radius 2 is 2.03 bits per heavy atom. The number of nitrogens with one attached hydrogen (secondary N) is 2. The van der Waals surface area contributed by atoms with Gasteiger partial charge in [-0.05, 0) is 30.5 Å². The number of imide groups is 1. The molecular weight excluding hydrogens is 396 g/mol. The van der Waals surface area contributed by atoms with Crippen molar-refractivity contribution in [2.24, 2.45) is 0 Å². The van der Waals surface area contributed by atoms with E-state index in [0.29, 0.717) is 11.5 Å². The Morgan fingerprint density at radius 1 is 1.21 bits per heavy atom. The standard InChI is InChI=1S/C19H20N4O5S/c1-29-12-16-21-14-6-2-3-7-15(14)23(16)10-18(25)28-11-17(24)22-19(26)20-9-13-5-4-8-27-13/h2-8H,9-12H2,1H3,(H2,20,22,24,26). The van der Waals surface area contributed by atoms with Gasteiger partial charge in [0.05, 0.1) is 29.6 Å². The number of aromatic nitrogens is 2. The van der Waals surface area contributed by atoms with Gasteiger partial charge in [-0.2, -0.15) is 11.8 Å². The number of benzene rings is 1. The molecule has 2 N–H and O–H groups in total. The van der Waals surface area contributed by atoms with Crippen LogP contribution in [-0.4, -0.2) is 40.3 Å². The molecule has 0 fully saturated rings. The highest BCUT2D eigenvalue weighted by Crippen LogP contribution is 2.19. The van der Waals surface area contributed by atoms with Crippen molar-refractivity contribution in [1.29, 1.82) is 0 Å². The van der Waals surface area contributed by atoms with Gasteiger partial charge < -0.3 is 19.0 Å². The van der Waals surface area contributed by atoms with E-state index < -0.39 is 24.5 Å². The van der Waals surface area contributed by atoms with Crippen LogP contribution in [0.2, 0.25) is 0 Å². The third-order valence-electron chi connectivity index (χ3n) is 3.91. The molecule has 0 saturated heterocycles. The second-order valence-electron chi connectivity index (χ2n) is 6.01. The van der Waals surface area contributed by atoms with Crippen molar-refractivity contribution in [2.45, 2.75) is 18.8 Å². The first kappa shape index (κ1) is 20.5. The van der Waals surface area contributed by atoms with Gasteiger partial charge in [-0.25, -0.2) is 9.78 Å². The molecule has 10 heteroatoms. The molecule has 3 amide bonds. The minimum absolute atomic E-state index is 0.0750. The molecule has 1 aromatic carbocycles. The Kier molecular flexibility index (Phi) is 6.90. The lowest BCUT2D eigenvalue weighted by atomic mass is 10.3. The largest absolute Gasteiger partial charge is 0.467 e. The number of ether oxygens (including phenoxy) is 1. The number of esters is 1. The minimum atomic E-state index is -0.727. The third-order valence-corrected chi connectivity index (χ3v) is 4.46. The fourth-order valence-electron chi connectivity index (χ4n) is 2.65. The first-order valence-electron chi connectivity index (χ1n) is 8.75. The summed E-state index contributed by atoms with van der Waals surface area (Å²) in [6.45, 7) is -0.496. The van der Waals surface area contributed by atoms with E-state index in [0.717, 1.165) is 16.9 Å². The van der Waals surface area contributed by atoms with Crippen molar-refractivity contribution in [3.8, 4) is 0 Å². The summed E-state index contributed by atoms with van der Waals surface area (Å²) in [6.07, 6.45) is 3.43. The molecule has 0 atom stereocenters. The second-order valence-corrected chi connectivity index (χ2v) is 6.87. The Balaban J connectivity index is 1.49. The van der Waals surface area contributed by atoms with Crippen LogP contribution in [0.3, 0.4) is 0 Å². The number of urea groups is 1. The topological polar surface area (TPSA) is 115 Å². The molecule has 0 aliphatic heterocycles. The molecule has 0 radical (unpaired) electrons. The van der Waals surface area contributed by atoms with Gasteiger partial charge in [0.1, 0.15) is 18.1 Å². The number of furan rings is 1. The number of fused-ring (bicyclic) bond motifs is 1. The molecule has 0 aliphatic carbocycles.